The second-order valence-corrected chi connectivity index (χ2v) is 9.22. The highest BCUT2D eigenvalue weighted by molar-refractivity contribution is 5.96. The van der Waals surface area contributed by atoms with E-state index in [1.807, 2.05) is 6.92 Å². The Bertz CT molecular complexity index is 1320. The minimum atomic E-state index is -5.19. The molecule has 1 amide bonds. The maximum atomic E-state index is 13.7. The minimum Gasteiger partial charge on any atom is -0.437 e. The summed E-state index contributed by atoms with van der Waals surface area (Å²) in [6.45, 7) is 3.26. The molecule has 1 fully saturated rings. The number of carbonyl (C=O) groups excluding carboxylic acids is 3. The van der Waals surface area contributed by atoms with Gasteiger partial charge >= 0.3 is 24.3 Å². The highest BCUT2D eigenvalue weighted by Crippen LogP contribution is 2.38. The van der Waals surface area contributed by atoms with Crippen LogP contribution >= 0.6 is 0 Å². The number of alkyl halides is 6. The lowest BCUT2D eigenvalue weighted by molar-refractivity contribution is -0.226. The number of benzene rings is 2. The van der Waals surface area contributed by atoms with Crippen molar-refractivity contribution in [3.63, 3.8) is 0 Å². The van der Waals surface area contributed by atoms with Gasteiger partial charge in [0.2, 0.25) is 12.0 Å². The van der Waals surface area contributed by atoms with E-state index in [4.69, 9.17) is 9.47 Å². The quantitative estimate of drug-likeness (QED) is 0.448. The second kappa shape index (κ2) is 10.0. The first-order chi connectivity index (χ1) is 18.1. The van der Waals surface area contributed by atoms with Crippen LogP contribution in [0.2, 0.25) is 0 Å². The fraction of sp³-hybridized carbons (Fsp3) is 0.346. The molecular weight excluding hydrogens is 534 g/mol. The minimum absolute atomic E-state index is 0.0787. The van der Waals surface area contributed by atoms with Crippen molar-refractivity contribution in [1.29, 1.82) is 0 Å². The lowest BCUT2D eigenvalue weighted by Gasteiger charge is -2.50. The molecule has 208 valence electrons. The van der Waals surface area contributed by atoms with Gasteiger partial charge in [0.05, 0.1) is 11.1 Å². The van der Waals surface area contributed by atoms with Gasteiger partial charge in [-0.2, -0.15) is 26.3 Å². The number of piperazine rings is 1. The molecule has 4 rings (SSSR count). The van der Waals surface area contributed by atoms with E-state index in [0.29, 0.717) is 17.7 Å². The maximum absolute atomic E-state index is 13.7. The van der Waals surface area contributed by atoms with Gasteiger partial charge in [0, 0.05) is 37.2 Å². The topological polar surface area (TPSA) is 84.9 Å². The molecule has 0 bridgehead atoms. The van der Waals surface area contributed by atoms with Gasteiger partial charge in [-0.25, -0.2) is 9.59 Å². The molecule has 0 spiro atoms. The number of ether oxygens (including phenoxy) is 2. The fourth-order valence-electron chi connectivity index (χ4n) is 4.48. The smallest absolute Gasteiger partial charge is 0.416 e. The third-order valence-electron chi connectivity index (χ3n) is 6.51. The standard InChI is InChI=1S/C26H22F6N2O5/c1-14-3-4-16(9-15(14)2)13-24-23(38-20(35)5-6-21(36)39-24)33-7-8-34(24)22(37)17-10-18(25(27,28)29)12-19(11-17)26(30,31)32/h3-6,9-12,23,33H,7-8,13H2,1-2H3/b6-5+/t23?,24-/m1/s1. The summed E-state index contributed by atoms with van der Waals surface area (Å²) in [4.78, 5) is 39.5. The Morgan fingerprint density at radius 3 is 2.15 bits per heavy atom. The molecule has 0 radical (unpaired) electrons. The Kier molecular flexibility index (Phi) is 7.23. The van der Waals surface area contributed by atoms with E-state index < -0.39 is 58.8 Å². The Balaban J connectivity index is 1.89. The van der Waals surface area contributed by atoms with Gasteiger partial charge in [0.25, 0.3) is 5.91 Å². The van der Waals surface area contributed by atoms with Crippen LogP contribution in [0.5, 0.6) is 0 Å². The van der Waals surface area contributed by atoms with Crippen LogP contribution in [0.25, 0.3) is 0 Å². The summed E-state index contributed by atoms with van der Waals surface area (Å²) in [5.41, 5.74) is -4.21. The van der Waals surface area contributed by atoms with Crippen molar-refractivity contribution >= 4 is 17.8 Å². The van der Waals surface area contributed by atoms with Crippen molar-refractivity contribution in [3.8, 4) is 0 Å². The van der Waals surface area contributed by atoms with Gasteiger partial charge in [-0.05, 0) is 48.7 Å². The normalized spacial score (nSPS) is 22.8. The third kappa shape index (κ3) is 5.77. The van der Waals surface area contributed by atoms with Crippen molar-refractivity contribution in [1.82, 2.24) is 10.2 Å². The van der Waals surface area contributed by atoms with Gasteiger partial charge in [-0.15, -0.1) is 0 Å². The van der Waals surface area contributed by atoms with E-state index in [9.17, 15) is 40.7 Å². The summed E-state index contributed by atoms with van der Waals surface area (Å²) in [6, 6.07) is 5.63. The molecule has 2 atom stereocenters. The van der Waals surface area contributed by atoms with Crippen molar-refractivity contribution in [2.45, 2.75) is 44.6 Å². The molecule has 2 aliphatic heterocycles. The molecule has 39 heavy (non-hydrogen) atoms. The average Bonchev–Trinajstić information content (AvgIpc) is 2.84. The molecular formula is C26H22F6N2O5. The molecule has 13 heteroatoms. The first-order valence-corrected chi connectivity index (χ1v) is 11.6. The number of amides is 1. The van der Waals surface area contributed by atoms with Crippen molar-refractivity contribution in [2.75, 3.05) is 13.1 Å². The zero-order valence-electron chi connectivity index (χ0n) is 20.6. The van der Waals surface area contributed by atoms with Crippen LogP contribution in [0, 0.1) is 13.8 Å². The second-order valence-electron chi connectivity index (χ2n) is 9.22. The molecule has 0 aliphatic carbocycles. The molecule has 2 heterocycles. The fourth-order valence-corrected chi connectivity index (χ4v) is 4.48. The van der Waals surface area contributed by atoms with E-state index in [2.05, 4.69) is 5.32 Å². The lowest BCUT2D eigenvalue weighted by atomic mass is 9.93. The number of rotatable bonds is 3. The molecule has 1 N–H and O–H groups in total. The van der Waals surface area contributed by atoms with Gasteiger partial charge in [0.15, 0.2) is 0 Å². The van der Waals surface area contributed by atoms with Crippen molar-refractivity contribution in [2.24, 2.45) is 0 Å². The van der Waals surface area contributed by atoms with Crippen molar-refractivity contribution in [3.05, 3.63) is 81.9 Å². The van der Waals surface area contributed by atoms with E-state index in [1.54, 1.807) is 25.1 Å². The van der Waals surface area contributed by atoms with Crippen LogP contribution in [-0.4, -0.2) is 47.8 Å². The van der Waals surface area contributed by atoms with Crippen molar-refractivity contribution < 1.29 is 50.2 Å². The van der Waals surface area contributed by atoms with E-state index in [1.165, 1.54) is 0 Å². The van der Waals surface area contributed by atoms with E-state index in [-0.39, 0.29) is 25.6 Å². The number of aryl methyl sites for hydroxylation is 2. The lowest BCUT2D eigenvalue weighted by Crippen LogP contribution is -2.72. The van der Waals surface area contributed by atoms with Crippen LogP contribution in [0.15, 0.2) is 48.6 Å². The molecule has 1 unspecified atom stereocenters. The van der Waals surface area contributed by atoms with E-state index in [0.717, 1.165) is 28.2 Å². The zero-order valence-corrected chi connectivity index (χ0v) is 20.6. The summed E-state index contributed by atoms with van der Waals surface area (Å²) in [5.74, 6) is -3.32. The van der Waals surface area contributed by atoms with Gasteiger partial charge in [-0.3, -0.25) is 15.0 Å². The van der Waals surface area contributed by atoms with E-state index >= 15 is 0 Å². The Hall–Kier alpha value is -3.87. The largest absolute Gasteiger partial charge is 0.437 e. The highest BCUT2D eigenvalue weighted by Gasteiger charge is 2.55. The summed E-state index contributed by atoms with van der Waals surface area (Å²) < 4.78 is 92.0. The predicted octanol–water partition coefficient (Wildman–Crippen LogP) is 4.31. The molecule has 2 aromatic rings. The van der Waals surface area contributed by atoms with Gasteiger partial charge in [-0.1, -0.05) is 18.2 Å². The first-order valence-electron chi connectivity index (χ1n) is 11.6. The SMILES string of the molecule is Cc1ccc(C[C@@]23OC(=O)/C=C/C(=O)OC2NCCN3C(=O)c2cc(C(F)(F)F)cc(C(F)(F)F)c2)cc1C. The first kappa shape index (κ1) is 28.1. The van der Waals surface area contributed by atoms with Gasteiger partial charge < -0.3 is 9.47 Å². The molecule has 7 nitrogen and oxygen atoms in total. The number of nitrogens with one attached hydrogen (secondary N) is 1. The Labute approximate surface area is 218 Å². The number of hydrogen-bond acceptors (Lipinski definition) is 6. The predicted molar refractivity (Wildman–Crippen MR) is 123 cm³/mol. The zero-order chi connectivity index (χ0) is 28.8. The highest BCUT2D eigenvalue weighted by atomic mass is 19.4. The molecule has 2 aliphatic rings. The summed E-state index contributed by atoms with van der Waals surface area (Å²) in [5, 5.41) is 2.83. The number of nitrogens with zero attached hydrogens (tertiary/aromatic N) is 1. The number of carbonyl (C=O) groups is 3. The number of hydrogen-bond donors (Lipinski definition) is 1. The van der Waals surface area contributed by atoms with Crippen LogP contribution in [0.4, 0.5) is 26.3 Å². The average molecular weight is 556 g/mol. The summed E-state index contributed by atoms with van der Waals surface area (Å²) in [6.07, 6.45) is -10.6. The molecule has 2 aromatic carbocycles. The molecule has 0 aromatic heterocycles. The third-order valence-corrected chi connectivity index (χ3v) is 6.51. The Morgan fingerprint density at radius 2 is 1.56 bits per heavy atom. The van der Waals surface area contributed by atoms with Crippen LogP contribution in [-0.2, 0) is 37.8 Å². The van der Waals surface area contributed by atoms with Gasteiger partial charge in [0.1, 0.15) is 0 Å². The summed E-state index contributed by atoms with van der Waals surface area (Å²) >= 11 is 0. The molecule has 0 saturated carbocycles. The Morgan fingerprint density at radius 1 is 0.949 bits per heavy atom. The van der Waals surface area contributed by atoms with Crippen LogP contribution in [0.1, 0.15) is 38.2 Å². The van der Waals surface area contributed by atoms with Crippen LogP contribution < -0.4 is 5.32 Å². The molecule has 1 saturated heterocycles. The monoisotopic (exact) mass is 556 g/mol. The number of halogens is 6. The van der Waals surface area contributed by atoms with Crippen LogP contribution in [0.3, 0.4) is 0 Å². The summed E-state index contributed by atoms with van der Waals surface area (Å²) in [7, 11) is 0. The number of fused-ring (bicyclic) bond motifs is 1. The maximum Gasteiger partial charge on any atom is 0.416 e. The number of esters is 2.